The quantitative estimate of drug-likeness (QED) is 0.686. The van der Waals surface area contributed by atoms with E-state index in [1.165, 1.54) is 12.1 Å². The van der Waals surface area contributed by atoms with E-state index in [-0.39, 0.29) is 11.9 Å². The van der Waals surface area contributed by atoms with Crippen LogP contribution in [-0.2, 0) is 11.4 Å². The minimum absolute atomic E-state index is 0.0853. The van der Waals surface area contributed by atoms with Crippen LogP contribution in [0.4, 0.5) is 10.1 Å². The second kappa shape index (κ2) is 5.10. The molecule has 0 amide bonds. The molecule has 112 valence electrons. The van der Waals surface area contributed by atoms with Crippen LogP contribution >= 0.6 is 0 Å². The lowest BCUT2D eigenvalue weighted by Crippen LogP contribution is -2.26. The van der Waals surface area contributed by atoms with Crippen molar-refractivity contribution in [2.24, 2.45) is 0 Å². The van der Waals surface area contributed by atoms with Crippen LogP contribution in [0.3, 0.4) is 0 Å². The fraction of sp³-hybridized carbons (Fsp3) is 0.235. The molecule has 0 bridgehead atoms. The number of aromatic nitrogens is 2. The van der Waals surface area contributed by atoms with Gasteiger partial charge in [0.05, 0.1) is 17.7 Å². The highest BCUT2D eigenvalue weighted by molar-refractivity contribution is 5.76. The Morgan fingerprint density at radius 3 is 2.73 bits per heavy atom. The first-order chi connectivity index (χ1) is 10.7. The van der Waals surface area contributed by atoms with Crippen LogP contribution in [0.15, 0.2) is 48.5 Å². The molecule has 22 heavy (non-hydrogen) atoms. The zero-order valence-electron chi connectivity index (χ0n) is 12.2. The molecule has 5 heteroatoms. The summed E-state index contributed by atoms with van der Waals surface area (Å²) in [5.74, 6) is 0.687. The second-order valence-electron chi connectivity index (χ2n) is 5.48. The largest absolute Gasteiger partial charge is 0.350 e. The minimum atomic E-state index is -0.235. The van der Waals surface area contributed by atoms with Gasteiger partial charge >= 0.3 is 0 Å². The van der Waals surface area contributed by atoms with Gasteiger partial charge in [0, 0.05) is 5.69 Å². The van der Waals surface area contributed by atoms with Gasteiger partial charge in [0.15, 0.2) is 0 Å². The van der Waals surface area contributed by atoms with E-state index in [0.29, 0.717) is 13.4 Å². The molecular weight excluding hydrogens is 281 g/mol. The first kappa shape index (κ1) is 13.3. The molecule has 0 unspecified atom stereocenters. The number of halogens is 1. The predicted molar refractivity (Wildman–Crippen MR) is 83.0 cm³/mol. The van der Waals surface area contributed by atoms with Crippen LogP contribution in [0.5, 0.6) is 0 Å². The number of nitrogens with zero attached hydrogens (tertiary/aromatic N) is 3. The van der Waals surface area contributed by atoms with E-state index in [0.717, 1.165) is 22.5 Å². The average Bonchev–Trinajstić information content (AvgIpc) is 2.82. The molecule has 1 aliphatic rings. The molecule has 0 radical (unpaired) electrons. The summed E-state index contributed by atoms with van der Waals surface area (Å²) in [5, 5.41) is 0. The monoisotopic (exact) mass is 297 g/mol. The van der Waals surface area contributed by atoms with Crippen LogP contribution in [0, 0.1) is 5.82 Å². The molecule has 4 rings (SSSR count). The summed E-state index contributed by atoms with van der Waals surface area (Å²) in [6.45, 7) is 3.09. The predicted octanol–water partition coefficient (Wildman–Crippen LogP) is 3.69. The Morgan fingerprint density at radius 2 is 1.91 bits per heavy atom. The van der Waals surface area contributed by atoms with E-state index in [9.17, 15) is 4.39 Å². The van der Waals surface area contributed by atoms with Crippen molar-refractivity contribution < 1.29 is 9.13 Å². The maximum absolute atomic E-state index is 13.1. The van der Waals surface area contributed by atoms with Gasteiger partial charge in [0.2, 0.25) is 0 Å². The molecule has 0 saturated carbocycles. The van der Waals surface area contributed by atoms with Crippen LogP contribution in [0.25, 0.3) is 11.0 Å². The van der Waals surface area contributed by atoms with Gasteiger partial charge in [0.1, 0.15) is 24.5 Å². The smallest absolute Gasteiger partial charge is 0.140 e. The van der Waals surface area contributed by atoms with Crippen molar-refractivity contribution >= 4 is 16.7 Å². The van der Waals surface area contributed by atoms with Gasteiger partial charge in [-0.3, -0.25) is 0 Å². The third-order valence-corrected chi connectivity index (χ3v) is 4.03. The van der Waals surface area contributed by atoms with Crippen LogP contribution in [0.1, 0.15) is 18.9 Å². The van der Waals surface area contributed by atoms with Crippen molar-refractivity contribution in [3.05, 3.63) is 60.2 Å². The van der Waals surface area contributed by atoms with E-state index in [1.807, 2.05) is 25.1 Å². The molecular formula is C17H16FN3O. The Kier molecular flexibility index (Phi) is 3.08. The Hall–Kier alpha value is -2.40. The SMILES string of the molecule is C[C@H]1OCN(c2ccc(F)cc2)Cn2c1nc1ccccc12. The standard InChI is InChI=1S/C17H16FN3O/c1-12-17-19-15-4-2-3-5-16(15)21(17)10-20(11-22-12)14-8-6-13(18)7-9-14/h2-9,12H,10-11H2,1H3/t12-/m1/s1. The number of hydrogen-bond donors (Lipinski definition) is 0. The van der Waals surface area contributed by atoms with Gasteiger partial charge < -0.3 is 14.2 Å². The summed E-state index contributed by atoms with van der Waals surface area (Å²) in [6.07, 6.45) is -0.0853. The fourth-order valence-corrected chi connectivity index (χ4v) is 2.85. The van der Waals surface area contributed by atoms with Gasteiger partial charge in [0.25, 0.3) is 0 Å². The Morgan fingerprint density at radius 1 is 1.14 bits per heavy atom. The summed E-state index contributed by atoms with van der Waals surface area (Å²) in [4.78, 5) is 6.76. The van der Waals surface area contributed by atoms with Crippen molar-refractivity contribution in [1.82, 2.24) is 9.55 Å². The molecule has 2 aromatic carbocycles. The first-order valence-corrected chi connectivity index (χ1v) is 7.29. The molecule has 0 fully saturated rings. The normalized spacial score (nSPS) is 18.3. The van der Waals surface area contributed by atoms with E-state index in [4.69, 9.17) is 4.74 Å². The lowest BCUT2D eigenvalue weighted by atomic mass is 10.3. The van der Waals surface area contributed by atoms with Crippen LogP contribution in [-0.4, -0.2) is 16.3 Å². The Balaban J connectivity index is 1.79. The summed E-state index contributed by atoms with van der Waals surface area (Å²) in [7, 11) is 0. The highest BCUT2D eigenvalue weighted by Gasteiger charge is 2.23. The number of fused-ring (bicyclic) bond motifs is 3. The molecule has 0 saturated heterocycles. The zero-order valence-corrected chi connectivity index (χ0v) is 12.2. The maximum Gasteiger partial charge on any atom is 0.140 e. The van der Waals surface area contributed by atoms with Gasteiger partial charge in [-0.1, -0.05) is 12.1 Å². The topological polar surface area (TPSA) is 30.3 Å². The van der Waals surface area contributed by atoms with Gasteiger partial charge in [-0.25, -0.2) is 9.37 Å². The minimum Gasteiger partial charge on any atom is -0.350 e. The summed E-state index contributed by atoms with van der Waals surface area (Å²) >= 11 is 0. The molecule has 4 nitrogen and oxygen atoms in total. The molecule has 0 N–H and O–H groups in total. The highest BCUT2D eigenvalue weighted by Crippen LogP contribution is 2.28. The molecule has 0 aliphatic carbocycles. The Bertz CT molecular complexity index is 812. The van der Waals surface area contributed by atoms with Crippen LogP contribution < -0.4 is 4.90 Å². The fourth-order valence-electron chi connectivity index (χ4n) is 2.85. The molecule has 2 heterocycles. The number of anilines is 1. The number of hydrogen-bond acceptors (Lipinski definition) is 3. The van der Waals surface area contributed by atoms with E-state index in [2.05, 4.69) is 20.5 Å². The van der Waals surface area contributed by atoms with Crippen molar-refractivity contribution in [3.8, 4) is 0 Å². The molecule has 1 aromatic heterocycles. The van der Waals surface area contributed by atoms with E-state index >= 15 is 0 Å². The summed E-state index contributed by atoms with van der Waals surface area (Å²) in [6, 6.07) is 14.5. The number of rotatable bonds is 1. The van der Waals surface area contributed by atoms with Crippen molar-refractivity contribution in [3.63, 3.8) is 0 Å². The third kappa shape index (κ3) is 2.14. The Labute approximate surface area is 127 Å². The maximum atomic E-state index is 13.1. The lowest BCUT2D eigenvalue weighted by molar-refractivity contribution is 0.0677. The lowest BCUT2D eigenvalue weighted by Gasteiger charge is -2.23. The van der Waals surface area contributed by atoms with Gasteiger partial charge in [-0.2, -0.15) is 0 Å². The molecule has 1 atom stereocenters. The third-order valence-electron chi connectivity index (χ3n) is 4.03. The summed E-state index contributed by atoms with van der Waals surface area (Å²) in [5.41, 5.74) is 2.98. The highest BCUT2D eigenvalue weighted by atomic mass is 19.1. The number of benzene rings is 2. The molecule has 3 aromatic rings. The molecule has 0 spiro atoms. The number of ether oxygens (including phenoxy) is 1. The molecule has 1 aliphatic heterocycles. The summed E-state index contributed by atoms with van der Waals surface area (Å²) < 4.78 is 21.2. The van der Waals surface area contributed by atoms with Crippen molar-refractivity contribution in [2.75, 3.05) is 11.6 Å². The number of imidazole rings is 1. The first-order valence-electron chi connectivity index (χ1n) is 7.29. The van der Waals surface area contributed by atoms with Gasteiger partial charge in [-0.05, 0) is 43.3 Å². The van der Waals surface area contributed by atoms with Crippen molar-refractivity contribution in [1.29, 1.82) is 0 Å². The second-order valence-corrected chi connectivity index (χ2v) is 5.48. The zero-order chi connectivity index (χ0) is 15.1. The van der Waals surface area contributed by atoms with E-state index < -0.39 is 0 Å². The number of para-hydroxylation sites is 2. The van der Waals surface area contributed by atoms with Crippen molar-refractivity contribution in [2.45, 2.75) is 19.7 Å². The van der Waals surface area contributed by atoms with E-state index in [1.54, 1.807) is 12.1 Å². The van der Waals surface area contributed by atoms with Gasteiger partial charge in [-0.15, -0.1) is 0 Å². The average molecular weight is 297 g/mol. The van der Waals surface area contributed by atoms with Crippen LogP contribution in [0.2, 0.25) is 0 Å².